The fourth-order valence-corrected chi connectivity index (χ4v) is 5.17. The predicted octanol–water partition coefficient (Wildman–Crippen LogP) is 1.11. The maximum absolute atomic E-state index is 6.33. The molecule has 3 heterocycles. The van der Waals surface area contributed by atoms with Gasteiger partial charge in [-0.05, 0) is 45.6 Å². The minimum Gasteiger partial charge on any atom is -0.329 e. The van der Waals surface area contributed by atoms with Gasteiger partial charge in [-0.25, -0.2) is 0 Å². The molecule has 3 saturated heterocycles. The van der Waals surface area contributed by atoms with E-state index in [-0.39, 0.29) is 5.54 Å². The van der Waals surface area contributed by atoms with Gasteiger partial charge >= 0.3 is 0 Å². The second kappa shape index (κ2) is 5.48. The summed E-state index contributed by atoms with van der Waals surface area (Å²) < 4.78 is 0. The smallest absolute Gasteiger partial charge is 0.0474 e. The molecule has 1 aliphatic carbocycles. The molecule has 0 aromatic carbocycles. The first kappa shape index (κ1) is 14.4. The summed E-state index contributed by atoms with van der Waals surface area (Å²) in [7, 11) is 0. The van der Waals surface area contributed by atoms with E-state index < -0.39 is 0 Å². The van der Waals surface area contributed by atoms with Gasteiger partial charge in [0.25, 0.3) is 0 Å². The molecule has 0 spiro atoms. The van der Waals surface area contributed by atoms with Crippen molar-refractivity contribution in [3.8, 4) is 0 Å². The zero-order valence-electron chi connectivity index (χ0n) is 13.6. The fourth-order valence-electron chi connectivity index (χ4n) is 5.17. The third kappa shape index (κ3) is 2.54. The zero-order chi connectivity index (χ0) is 14.4. The van der Waals surface area contributed by atoms with Crippen LogP contribution in [0.3, 0.4) is 0 Å². The minimum atomic E-state index is 0.269. The quantitative estimate of drug-likeness (QED) is 0.845. The molecule has 4 aliphatic rings. The van der Waals surface area contributed by atoms with Crippen molar-refractivity contribution in [3.05, 3.63) is 0 Å². The molecule has 4 heteroatoms. The third-order valence-corrected chi connectivity index (χ3v) is 6.60. The first-order valence-corrected chi connectivity index (χ1v) is 9.17. The van der Waals surface area contributed by atoms with Gasteiger partial charge in [0.1, 0.15) is 0 Å². The van der Waals surface area contributed by atoms with Gasteiger partial charge < -0.3 is 5.73 Å². The maximum Gasteiger partial charge on any atom is 0.0474 e. The standard InChI is InChI=1S/C17H32N4/c1-14-10-19-8-3-2-4-16(19)11-21(14)17(12-18)7-9-20(13-17)15-5-6-15/h14-16H,2-13,18H2,1H3. The van der Waals surface area contributed by atoms with Crippen molar-refractivity contribution < 1.29 is 0 Å². The molecule has 0 bridgehead atoms. The Bertz CT molecular complexity index is 383. The van der Waals surface area contributed by atoms with E-state index in [1.54, 1.807) is 0 Å². The van der Waals surface area contributed by atoms with Crippen LogP contribution in [0.25, 0.3) is 0 Å². The monoisotopic (exact) mass is 292 g/mol. The Morgan fingerprint density at radius 3 is 2.62 bits per heavy atom. The van der Waals surface area contributed by atoms with Crippen LogP contribution in [0.1, 0.15) is 45.4 Å². The summed E-state index contributed by atoms with van der Waals surface area (Å²) in [6.45, 7) is 9.62. The van der Waals surface area contributed by atoms with Gasteiger partial charge in [0.05, 0.1) is 0 Å². The van der Waals surface area contributed by atoms with Gasteiger partial charge in [0.2, 0.25) is 0 Å². The van der Waals surface area contributed by atoms with Crippen LogP contribution in [-0.4, -0.2) is 77.6 Å². The average molecular weight is 292 g/mol. The number of hydrogen-bond donors (Lipinski definition) is 1. The SMILES string of the molecule is CC1CN2CCCCC2CN1C1(CN)CCN(C2CC2)C1. The first-order valence-electron chi connectivity index (χ1n) is 9.17. The van der Waals surface area contributed by atoms with E-state index >= 15 is 0 Å². The van der Waals surface area contributed by atoms with E-state index in [0.29, 0.717) is 6.04 Å². The van der Waals surface area contributed by atoms with Crippen LogP contribution in [0.15, 0.2) is 0 Å². The van der Waals surface area contributed by atoms with Gasteiger partial charge in [0.15, 0.2) is 0 Å². The largest absolute Gasteiger partial charge is 0.329 e. The number of rotatable bonds is 3. The number of piperazine rings is 1. The van der Waals surface area contributed by atoms with Gasteiger partial charge in [-0.2, -0.15) is 0 Å². The highest BCUT2D eigenvalue weighted by molar-refractivity contribution is 5.07. The maximum atomic E-state index is 6.33. The van der Waals surface area contributed by atoms with Crippen molar-refractivity contribution in [3.63, 3.8) is 0 Å². The van der Waals surface area contributed by atoms with Gasteiger partial charge in [-0.15, -0.1) is 0 Å². The summed E-state index contributed by atoms with van der Waals surface area (Å²) in [5.74, 6) is 0. The summed E-state index contributed by atoms with van der Waals surface area (Å²) >= 11 is 0. The molecule has 21 heavy (non-hydrogen) atoms. The summed E-state index contributed by atoms with van der Waals surface area (Å²) in [5.41, 5.74) is 6.60. The van der Waals surface area contributed by atoms with Gasteiger partial charge in [-0.1, -0.05) is 6.42 Å². The lowest BCUT2D eigenvalue weighted by atomic mass is 9.89. The van der Waals surface area contributed by atoms with Crippen molar-refractivity contribution in [2.75, 3.05) is 39.3 Å². The lowest BCUT2D eigenvalue weighted by Gasteiger charge is -2.53. The molecule has 3 atom stereocenters. The van der Waals surface area contributed by atoms with E-state index in [2.05, 4.69) is 21.6 Å². The molecule has 4 rings (SSSR count). The molecule has 2 N–H and O–H groups in total. The number of likely N-dealkylation sites (tertiary alicyclic amines) is 1. The minimum absolute atomic E-state index is 0.269. The van der Waals surface area contributed by atoms with Crippen LogP contribution in [-0.2, 0) is 0 Å². The molecule has 3 unspecified atom stereocenters. The normalized spacial score (nSPS) is 43.1. The Kier molecular flexibility index (Phi) is 3.77. The number of hydrogen-bond acceptors (Lipinski definition) is 4. The molecule has 0 radical (unpaired) electrons. The van der Waals surface area contributed by atoms with Crippen molar-refractivity contribution in [2.45, 2.75) is 69.1 Å². The van der Waals surface area contributed by atoms with E-state index in [4.69, 9.17) is 5.73 Å². The molecule has 4 fully saturated rings. The summed E-state index contributed by atoms with van der Waals surface area (Å²) in [5, 5.41) is 0. The summed E-state index contributed by atoms with van der Waals surface area (Å²) in [6.07, 6.45) is 8.36. The molecule has 0 amide bonds. The highest BCUT2D eigenvalue weighted by Gasteiger charge is 2.49. The molecular weight excluding hydrogens is 260 g/mol. The molecule has 1 saturated carbocycles. The van der Waals surface area contributed by atoms with Crippen LogP contribution >= 0.6 is 0 Å². The highest BCUT2D eigenvalue weighted by atomic mass is 15.4. The van der Waals surface area contributed by atoms with Gasteiger partial charge in [-0.3, -0.25) is 14.7 Å². The average Bonchev–Trinajstić information content (AvgIpc) is 3.27. The molecule has 0 aromatic rings. The Labute approximate surface area is 129 Å². The van der Waals surface area contributed by atoms with Crippen molar-refractivity contribution in [2.24, 2.45) is 5.73 Å². The predicted molar refractivity (Wildman–Crippen MR) is 86.4 cm³/mol. The number of nitrogens with zero attached hydrogens (tertiary/aromatic N) is 3. The molecule has 4 nitrogen and oxygen atoms in total. The summed E-state index contributed by atoms with van der Waals surface area (Å²) in [6, 6.07) is 2.36. The van der Waals surface area contributed by atoms with Crippen LogP contribution < -0.4 is 5.73 Å². The molecule has 0 aromatic heterocycles. The lowest BCUT2D eigenvalue weighted by molar-refractivity contribution is -0.0417. The topological polar surface area (TPSA) is 35.7 Å². The van der Waals surface area contributed by atoms with Crippen LogP contribution in [0.2, 0.25) is 0 Å². The number of nitrogens with two attached hydrogens (primary N) is 1. The van der Waals surface area contributed by atoms with E-state index in [0.717, 1.165) is 18.6 Å². The Morgan fingerprint density at radius 2 is 1.86 bits per heavy atom. The Hall–Kier alpha value is -0.160. The Balaban J connectivity index is 1.50. The van der Waals surface area contributed by atoms with Crippen molar-refractivity contribution in [1.82, 2.24) is 14.7 Å². The fraction of sp³-hybridized carbons (Fsp3) is 1.00. The molecular formula is C17H32N4. The number of fused-ring (bicyclic) bond motifs is 1. The summed E-state index contributed by atoms with van der Waals surface area (Å²) in [4.78, 5) is 8.30. The lowest BCUT2D eigenvalue weighted by Crippen LogP contribution is -2.67. The van der Waals surface area contributed by atoms with Crippen LogP contribution in [0.5, 0.6) is 0 Å². The zero-order valence-corrected chi connectivity index (χ0v) is 13.6. The first-order chi connectivity index (χ1) is 10.2. The second-order valence-corrected chi connectivity index (χ2v) is 8.03. The van der Waals surface area contributed by atoms with E-state index in [9.17, 15) is 0 Å². The molecule has 120 valence electrons. The van der Waals surface area contributed by atoms with Crippen LogP contribution in [0, 0.1) is 0 Å². The van der Waals surface area contributed by atoms with E-state index in [1.165, 1.54) is 71.2 Å². The molecule has 3 aliphatic heterocycles. The Morgan fingerprint density at radius 1 is 1.00 bits per heavy atom. The number of piperidine rings is 1. The van der Waals surface area contributed by atoms with E-state index in [1.807, 2.05) is 0 Å². The third-order valence-electron chi connectivity index (χ3n) is 6.60. The van der Waals surface area contributed by atoms with Crippen LogP contribution in [0.4, 0.5) is 0 Å². The highest BCUT2D eigenvalue weighted by Crippen LogP contribution is 2.38. The van der Waals surface area contributed by atoms with Gasteiger partial charge in [0, 0.05) is 56.4 Å². The van der Waals surface area contributed by atoms with Crippen molar-refractivity contribution >= 4 is 0 Å². The second-order valence-electron chi connectivity index (χ2n) is 8.03. The van der Waals surface area contributed by atoms with Crippen molar-refractivity contribution in [1.29, 1.82) is 0 Å².